The van der Waals surface area contributed by atoms with E-state index >= 15 is 0 Å². The molecule has 0 nitrogen and oxygen atoms in total. The molecule has 2 radical (unpaired) electrons. The molecule has 0 amide bonds. The van der Waals surface area contributed by atoms with Crippen molar-refractivity contribution < 1.29 is 23.3 Å². The Morgan fingerprint density at radius 3 is 1.00 bits per heavy atom. The Morgan fingerprint density at radius 1 is 0.420 bits per heavy atom. The van der Waals surface area contributed by atoms with E-state index in [1.807, 2.05) is 60.7 Å². The molecule has 8 aromatic rings. The van der Waals surface area contributed by atoms with Gasteiger partial charge in [-0.15, -0.1) is 93.3 Å². The Bertz CT molecular complexity index is 1920. The van der Waals surface area contributed by atoms with E-state index < -0.39 is 0 Å². The van der Waals surface area contributed by atoms with E-state index in [9.17, 15) is 0 Å². The van der Waals surface area contributed by atoms with Crippen molar-refractivity contribution in [3.63, 3.8) is 0 Å². The third-order valence-electron chi connectivity index (χ3n) is 7.65. The Labute approximate surface area is 318 Å². The molecule has 50 heavy (non-hydrogen) atoms. The Balaban J connectivity index is 0.000000239. The van der Waals surface area contributed by atoms with Crippen molar-refractivity contribution in [1.82, 2.24) is 0 Å². The quantitative estimate of drug-likeness (QED) is 0.122. The van der Waals surface area contributed by atoms with E-state index in [1.54, 1.807) is 0 Å². The van der Waals surface area contributed by atoms with Crippen LogP contribution in [0.25, 0.3) is 43.8 Å². The molecule has 0 spiro atoms. The van der Waals surface area contributed by atoms with E-state index in [4.69, 9.17) is 0 Å². The predicted molar refractivity (Wildman–Crippen MR) is 220 cm³/mol. The molecule has 2 heteroatoms. The average Bonchev–Trinajstić information content (AvgIpc) is 3.72. The zero-order valence-electron chi connectivity index (χ0n) is 29.7. The fourth-order valence-electron chi connectivity index (χ4n) is 5.46. The fourth-order valence-corrected chi connectivity index (χ4v) is 5.46. The molecule has 0 aromatic heterocycles. The molecule has 0 aliphatic heterocycles. The molecule has 0 atom stereocenters. The zero-order chi connectivity index (χ0) is 34.1. The molecule has 0 heterocycles. The molecule has 8 rings (SSSR count). The van der Waals surface area contributed by atoms with Crippen LogP contribution in [0.2, 0.25) is 0 Å². The monoisotopic (exact) mass is 740 g/mol. The summed E-state index contributed by atoms with van der Waals surface area (Å²) < 4.78 is 0. The van der Waals surface area contributed by atoms with Crippen LogP contribution >= 0.6 is 0 Å². The molecular weight excluding hydrogens is 696 g/mol. The minimum atomic E-state index is 0. The van der Waals surface area contributed by atoms with Crippen LogP contribution in [0, 0.1) is 42.5 Å². The second-order valence-corrected chi connectivity index (χ2v) is 11.4. The van der Waals surface area contributed by atoms with Gasteiger partial charge < -0.3 is 14.9 Å². The maximum absolute atomic E-state index is 3.72. The normalized spacial score (nSPS) is 9.38. The van der Waals surface area contributed by atoms with Gasteiger partial charge in [0.1, 0.15) is 0 Å². The topological polar surface area (TPSA) is 0 Å². The zero-order valence-corrected chi connectivity index (χ0v) is 33.2. The molecule has 0 aliphatic rings. The predicted octanol–water partition coefficient (Wildman–Crippen LogP) is 13.3. The van der Waals surface area contributed by atoms with Gasteiger partial charge in [-0.05, 0) is 11.1 Å². The summed E-state index contributed by atoms with van der Waals surface area (Å²) in [6.45, 7) is 14.8. The van der Waals surface area contributed by atoms with E-state index in [2.05, 4.69) is 156 Å². The summed E-state index contributed by atoms with van der Waals surface area (Å²) in [7, 11) is 0. The first kappa shape index (κ1) is 41.6. The van der Waals surface area contributed by atoms with E-state index in [0.717, 1.165) is 11.1 Å². The Morgan fingerprint density at radius 2 is 0.720 bits per heavy atom. The van der Waals surface area contributed by atoms with Gasteiger partial charge in [0.2, 0.25) is 0 Å². The Hall–Kier alpha value is -4.62. The summed E-state index contributed by atoms with van der Waals surface area (Å²) in [5.41, 5.74) is 10.0. The number of rotatable bonds is 2. The van der Waals surface area contributed by atoms with E-state index in [-0.39, 0.29) is 14.9 Å². The summed E-state index contributed by atoms with van der Waals surface area (Å²) in [5.74, 6) is 0. The number of benzene rings is 6. The van der Waals surface area contributed by atoms with Crippen molar-refractivity contribution in [3.8, 4) is 22.3 Å². The van der Waals surface area contributed by atoms with Gasteiger partial charge in [-0.25, -0.2) is 0 Å². The average molecular weight is 742 g/mol. The molecular formula is C48H46SiZr-6. The number of hydrogen-bond acceptors (Lipinski definition) is 0. The summed E-state index contributed by atoms with van der Waals surface area (Å²) in [6, 6.07) is 62.9. The fraction of sp³-hybridized carbons (Fsp3) is 0.0417. The molecule has 0 aliphatic carbocycles. The van der Waals surface area contributed by atoms with Crippen LogP contribution in [0.3, 0.4) is 0 Å². The molecule has 252 valence electrons. The van der Waals surface area contributed by atoms with Crippen LogP contribution in [-0.4, -0.2) is 6.88 Å². The maximum atomic E-state index is 3.72. The second-order valence-electron chi connectivity index (χ2n) is 11.4. The van der Waals surface area contributed by atoms with Gasteiger partial charge in [0, 0.05) is 0 Å². The van der Waals surface area contributed by atoms with Crippen LogP contribution in [0.4, 0.5) is 0 Å². The Kier molecular flexibility index (Phi) is 18.4. The molecule has 0 N–H and O–H groups in total. The molecule has 0 fully saturated rings. The van der Waals surface area contributed by atoms with Gasteiger partial charge in [-0.1, -0.05) is 110 Å². The molecule has 0 saturated carbocycles. The number of hydrogen-bond donors (Lipinski definition) is 0. The van der Waals surface area contributed by atoms with Crippen LogP contribution < -0.4 is 0 Å². The first-order valence-electron chi connectivity index (χ1n) is 15.9. The van der Waals surface area contributed by atoms with Crippen LogP contribution in [0.1, 0.15) is 22.3 Å². The number of fused-ring (bicyclic) bond motifs is 2. The first-order valence-corrected chi connectivity index (χ1v) is 20.1. The van der Waals surface area contributed by atoms with Crippen LogP contribution in [0.15, 0.2) is 182 Å². The number of aryl methyl sites for hydroxylation is 2. The van der Waals surface area contributed by atoms with Gasteiger partial charge in [0.15, 0.2) is 0 Å². The van der Waals surface area contributed by atoms with Gasteiger partial charge in [-0.2, -0.15) is 61.4 Å². The minimum absolute atomic E-state index is 0. The summed E-state index contributed by atoms with van der Waals surface area (Å²) >= 11 is 1.36. The molecule has 0 saturated heterocycles. The third-order valence-corrected chi connectivity index (χ3v) is 7.65. The van der Waals surface area contributed by atoms with Gasteiger partial charge >= 0.3 is 30.2 Å². The van der Waals surface area contributed by atoms with Crippen molar-refractivity contribution in [2.24, 2.45) is 0 Å². The SMILES string of the molecule is Cc1cc2c(-c3ccccc3)cccc2[cH-]1.Cc1cc2c(-c3ccccc3)cccc2[cH-]1.[CH2-]c1ccccc1.[CH2-]c1ccccc1.[CH3-].[CH3-].[Si]=[Zr]. The molecule has 0 unspecified atom stereocenters. The molecule has 8 aromatic carbocycles. The van der Waals surface area contributed by atoms with Gasteiger partial charge in [0.25, 0.3) is 0 Å². The van der Waals surface area contributed by atoms with E-state index in [0.29, 0.717) is 0 Å². The van der Waals surface area contributed by atoms with Crippen molar-refractivity contribution in [3.05, 3.63) is 233 Å². The van der Waals surface area contributed by atoms with Gasteiger partial charge in [0.05, 0.1) is 0 Å². The van der Waals surface area contributed by atoms with Crippen molar-refractivity contribution in [2.45, 2.75) is 13.8 Å². The summed E-state index contributed by atoms with van der Waals surface area (Å²) in [5, 5.41) is 5.37. The van der Waals surface area contributed by atoms with Crippen LogP contribution in [-0.2, 0) is 23.3 Å². The summed E-state index contributed by atoms with van der Waals surface area (Å²) in [6.07, 6.45) is 0. The van der Waals surface area contributed by atoms with E-state index in [1.165, 1.54) is 78.3 Å². The van der Waals surface area contributed by atoms with Crippen molar-refractivity contribution in [2.75, 3.05) is 0 Å². The standard InChI is InChI=1S/2C16H13.2C7H7.2CH3.Si.Zr/c2*1-12-10-14-8-5-9-15(16(14)11-12)13-6-3-2-4-7-13;2*1-7-5-3-2-4-6-7;;;;/h2*2-11H,1H3;2*2-6H,1H2;2*1H3;;/q6*-1;;. The second kappa shape index (κ2) is 22.2. The van der Waals surface area contributed by atoms with Crippen LogP contribution in [0.5, 0.6) is 0 Å². The third kappa shape index (κ3) is 12.4. The van der Waals surface area contributed by atoms with Crippen molar-refractivity contribution >= 4 is 28.4 Å². The van der Waals surface area contributed by atoms with Crippen molar-refractivity contribution in [1.29, 1.82) is 0 Å². The van der Waals surface area contributed by atoms with Gasteiger partial charge in [-0.3, -0.25) is 0 Å². The molecule has 0 bridgehead atoms. The first-order chi connectivity index (χ1) is 23.5. The summed E-state index contributed by atoms with van der Waals surface area (Å²) in [4.78, 5) is 0.